The lowest BCUT2D eigenvalue weighted by atomic mass is 9.82. The molecule has 12 heteroatoms. The van der Waals surface area contributed by atoms with E-state index < -0.39 is 33.5 Å². The fraction of sp³-hybridized carbons (Fsp3) is 0.682. The number of cyclic esters (lactones) is 1. The van der Waals surface area contributed by atoms with Crippen LogP contribution in [-0.2, 0) is 26.1 Å². The van der Waals surface area contributed by atoms with E-state index in [1.54, 1.807) is 6.07 Å². The van der Waals surface area contributed by atoms with E-state index in [1.165, 1.54) is 19.2 Å². The van der Waals surface area contributed by atoms with Crippen LogP contribution in [0.5, 0.6) is 11.5 Å². The van der Waals surface area contributed by atoms with Gasteiger partial charge in [-0.3, -0.25) is 4.79 Å². The Morgan fingerprint density at radius 1 is 1.18 bits per heavy atom. The number of hydrogen-bond acceptors (Lipinski definition) is 7. The highest BCUT2D eigenvalue weighted by Crippen LogP contribution is 2.36. The van der Waals surface area contributed by atoms with Crippen molar-refractivity contribution in [3.63, 3.8) is 0 Å². The number of hydrogen-bond donors (Lipinski definition) is 1. The van der Waals surface area contributed by atoms with Crippen LogP contribution in [-0.4, -0.2) is 39.2 Å². The van der Waals surface area contributed by atoms with Crippen molar-refractivity contribution in [3.05, 3.63) is 23.8 Å². The molecule has 1 heterocycles. The Balaban J connectivity index is 0.00000578. The Labute approximate surface area is 205 Å². The molecule has 1 aromatic carbocycles. The van der Waals surface area contributed by atoms with E-state index in [0.29, 0.717) is 24.8 Å². The highest BCUT2D eigenvalue weighted by molar-refractivity contribution is 7.88. The summed E-state index contributed by atoms with van der Waals surface area (Å²) in [6, 6.07) is 3.83. The third kappa shape index (κ3) is 7.39. The summed E-state index contributed by atoms with van der Waals surface area (Å²) in [7, 11) is -4.64. The predicted molar refractivity (Wildman–Crippen MR) is 123 cm³/mol. The summed E-state index contributed by atoms with van der Waals surface area (Å²) in [6.45, 7) is 7.90. The summed E-state index contributed by atoms with van der Waals surface area (Å²) < 4.78 is 76.0. The number of carbonyl (C=O) groups excluding carboxylic acids is 1. The molecule has 0 unspecified atom stereocenters. The standard InChI is InChI=1S/C22H32F3NO6S.ClH/c1-12(2)15(10-17(26)19-11-16(13(3)4)21(27)31-19)8-14-6-7-18(30-5)20(9-14)32-33(28,29)22(23,24)25;/h6-7,9,12-13,15-17,19H,8,10-11,26H2,1-5H3;1H/t15-,16-,17-,19-;/m0./s1. The molecule has 0 spiro atoms. The average molecular weight is 532 g/mol. The van der Waals surface area contributed by atoms with Crippen LogP contribution >= 0.6 is 12.4 Å². The van der Waals surface area contributed by atoms with Crippen molar-refractivity contribution >= 4 is 28.5 Å². The van der Waals surface area contributed by atoms with Crippen molar-refractivity contribution in [2.45, 2.75) is 64.6 Å². The van der Waals surface area contributed by atoms with E-state index in [9.17, 15) is 26.4 Å². The molecule has 196 valence electrons. The van der Waals surface area contributed by atoms with Crippen LogP contribution in [0, 0.1) is 23.7 Å². The van der Waals surface area contributed by atoms with Crippen LogP contribution in [0.2, 0.25) is 0 Å². The van der Waals surface area contributed by atoms with Gasteiger partial charge in [-0.2, -0.15) is 21.6 Å². The van der Waals surface area contributed by atoms with Crippen molar-refractivity contribution < 1.29 is 40.0 Å². The third-order valence-corrected chi connectivity index (χ3v) is 7.03. The molecule has 1 fully saturated rings. The van der Waals surface area contributed by atoms with Gasteiger partial charge >= 0.3 is 21.6 Å². The zero-order chi connectivity index (χ0) is 25.1. The Kier molecular flexibility index (Phi) is 10.5. The summed E-state index contributed by atoms with van der Waals surface area (Å²) in [6.07, 6.45) is 1.09. The first-order valence-electron chi connectivity index (χ1n) is 10.8. The highest BCUT2D eigenvalue weighted by atomic mass is 35.5. The Morgan fingerprint density at radius 3 is 2.26 bits per heavy atom. The van der Waals surface area contributed by atoms with E-state index in [2.05, 4.69) is 4.18 Å². The van der Waals surface area contributed by atoms with Crippen LogP contribution in [0.15, 0.2) is 18.2 Å². The summed E-state index contributed by atoms with van der Waals surface area (Å²) in [4.78, 5) is 12.1. The largest absolute Gasteiger partial charge is 0.534 e. The third-order valence-electron chi connectivity index (χ3n) is 6.07. The molecular weight excluding hydrogens is 499 g/mol. The summed E-state index contributed by atoms with van der Waals surface area (Å²) in [5, 5.41) is 0. The molecule has 0 bridgehead atoms. The predicted octanol–water partition coefficient (Wildman–Crippen LogP) is 4.47. The lowest BCUT2D eigenvalue weighted by Crippen LogP contribution is -2.37. The zero-order valence-electron chi connectivity index (χ0n) is 19.8. The number of alkyl halides is 3. The van der Waals surface area contributed by atoms with Crippen LogP contribution in [0.3, 0.4) is 0 Å². The number of rotatable bonds is 10. The minimum Gasteiger partial charge on any atom is -0.493 e. The number of ether oxygens (including phenoxy) is 2. The number of nitrogens with two attached hydrogens (primary N) is 1. The van der Waals surface area contributed by atoms with E-state index in [1.807, 2.05) is 27.7 Å². The van der Waals surface area contributed by atoms with Crippen molar-refractivity contribution in [3.8, 4) is 11.5 Å². The maximum Gasteiger partial charge on any atom is 0.534 e. The second kappa shape index (κ2) is 11.8. The second-order valence-electron chi connectivity index (χ2n) is 9.14. The summed E-state index contributed by atoms with van der Waals surface area (Å²) in [5.74, 6) is -0.798. The van der Waals surface area contributed by atoms with E-state index in [-0.39, 0.29) is 47.8 Å². The number of carbonyl (C=O) groups is 1. The van der Waals surface area contributed by atoms with Crippen molar-refractivity contribution in [1.82, 2.24) is 0 Å². The molecule has 1 aromatic rings. The monoisotopic (exact) mass is 531 g/mol. The molecule has 34 heavy (non-hydrogen) atoms. The van der Waals surface area contributed by atoms with Crippen LogP contribution in [0.25, 0.3) is 0 Å². The van der Waals surface area contributed by atoms with Gasteiger partial charge in [0.05, 0.1) is 13.0 Å². The topological polar surface area (TPSA) is 105 Å². The molecule has 0 aliphatic carbocycles. The molecule has 7 nitrogen and oxygen atoms in total. The van der Waals surface area contributed by atoms with Gasteiger partial charge in [-0.05, 0) is 54.7 Å². The number of benzene rings is 1. The van der Waals surface area contributed by atoms with Crippen molar-refractivity contribution in [1.29, 1.82) is 0 Å². The molecule has 1 saturated heterocycles. The molecule has 0 saturated carbocycles. The van der Waals surface area contributed by atoms with Crippen LogP contribution in [0.4, 0.5) is 13.2 Å². The minimum absolute atomic E-state index is 0. The first-order chi connectivity index (χ1) is 15.2. The lowest BCUT2D eigenvalue weighted by Gasteiger charge is -2.27. The molecule has 4 atom stereocenters. The Morgan fingerprint density at radius 2 is 1.79 bits per heavy atom. The Hall–Kier alpha value is -1.72. The molecule has 0 amide bonds. The van der Waals surface area contributed by atoms with Gasteiger partial charge in [0.15, 0.2) is 11.5 Å². The normalized spacial score (nSPS) is 20.6. The van der Waals surface area contributed by atoms with Gasteiger partial charge in [0.2, 0.25) is 0 Å². The summed E-state index contributed by atoms with van der Waals surface area (Å²) in [5.41, 5.74) is 1.38. The second-order valence-corrected chi connectivity index (χ2v) is 10.7. The van der Waals surface area contributed by atoms with Gasteiger partial charge in [0, 0.05) is 6.04 Å². The maximum atomic E-state index is 12.8. The molecule has 2 rings (SSSR count). The van der Waals surface area contributed by atoms with Crippen LogP contribution < -0.4 is 14.7 Å². The minimum atomic E-state index is -5.84. The fourth-order valence-electron chi connectivity index (χ4n) is 3.91. The van der Waals surface area contributed by atoms with Crippen LogP contribution in [0.1, 0.15) is 46.1 Å². The quantitative estimate of drug-likeness (QED) is 0.270. The van der Waals surface area contributed by atoms with Crippen molar-refractivity contribution in [2.75, 3.05) is 7.11 Å². The maximum absolute atomic E-state index is 12.8. The first-order valence-corrected chi connectivity index (χ1v) is 12.2. The van der Waals surface area contributed by atoms with Crippen molar-refractivity contribution in [2.24, 2.45) is 29.4 Å². The Bertz CT molecular complexity index is 939. The number of methoxy groups -OCH3 is 1. The number of halogens is 4. The average Bonchev–Trinajstić information content (AvgIpc) is 3.08. The number of esters is 1. The van der Waals surface area contributed by atoms with Gasteiger partial charge in [-0.1, -0.05) is 33.8 Å². The molecule has 0 aromatic heterocycles. The van der Waals surface area contributed by atoms with E-state index >= 15 is 0 Å². The first kappa shape index (κ1) is 30.3. The summed E-state index contributed by atoms with van der Waals surface area (Å²) >= 11 is 0. The van der Waals surface area contributed by atoms with E-state index in [0.717, 1.165) is 0 Å². The molecule has 2 N–H and O–H groups in total. The van der Waals surface area contributed by atoms with Gasteiger partial charge in [0.1, 0.15) is 6.10 Å². The van der Waals surface area contributed by atoms with Gasteiger partial charge in [-0.25, -0.2) is 0 Å². The van der Waals surface area contributed by atoms with Gasteiger partial charge in [0.25, 0.3) is 0 Å². The molecule has 1 aliphatic rings. The molecule has 0 radical (unpaired) electrons. The zero-order valence-corrected chi connectivity index (χ0v) is 21.4. The van der Waals surface area contributed by atoms with Gasteiger partial charge in [-0.15, -0.1) is 12.4 Å². The van der Waals surface area contributed by atoms with Gasteiger partial charge < -0.3 is 19.4 Å². The molecular formula is C22H33ClF3NO6S. The van der Waals surface area contributed by atoms with E-state index in [4.69, 9.17) is 15.2 Å². The SMILES string of the molecule is COc1ccc(C[C@@H](C[C@H](N)[C@@H]2C[C@@H](C(C)C)C(=O)O2)C(C)C)cc1OS(=O)(=O)C(F)(F)F.Cl. The lowest BCUT2D eigenvalue weighted by molar-refractivity contribution is -0.146. The molecule has 1 aliphatic heterocycles. The fourth-order valence-corrected chi connectivity index (χ4v) is 4.37. The highest BCUT2D eigenvalue weighted by Gasteiger charge is 2.49. The smallest absolute Gasteiger partial charge is 0.493 e.